The Morgan fingerprint density at radius 3 is 3.00 bits per heavy atom. The standard InChI is InChI=1S/C15H20N2/c1-11-6-5-8-13-12-7-3-4-9-14(12)16-15(13)10-17(11)2/h3-4,7,9,11,16H,5-6,8,10H2,1-2H3. The highest BCUT2D eigenvalue weighted by Crippen LogP contribution is 2.27. The summed E-state index contributed by atoms with van der Waals surface area (Å²) in [5.74, 6) is 0. The van der Waals surface area contributed by atoms with Gasteiger partial charge in [-0.25, -0.2) is 0 Å². The van der Waals surface area contributed by atoms with Crippen LogP contribution in [0.4, 0.5) is 0 Å². The minimum absolute atomic E-state index is 0.689. The van der Waals surface area contributed by atoms with Gasteiger partial charge in [-0.15, -0.1) is 0 Å². The Kier molecular flexibility index (Phi) is 2.67. The number of hydrogen-bond donors (Lipinski definition) is 1. The van der Waals surface area contributed by atoms with E-state index in [1.165, 1.54) is 35.9 Å². The van der Waals surface area contributed by atoms with Gasteiger partial charge in [0.15, 0.2) is 0 Å². The van der Waals surface area contributed by atoms with E-state index < -0.39 is 0 Å². The van der Waals surface area contributed by atoms with Crippen LogP contribution in [0.5, 0.6) is 0 Å². The molecule has 0 saturated carbocycles. The number of aryl methyl sites for hydroxylation is 1. The molecule has 1 aromatic carbocycles. The molecule has 2 aromatic rings. The highest BCUT2D eigenvalue weighted by atomic mass is 15.1. The van der Waals surface area contributed by atoms with E-state index in [0.29, 0.717) is 6.04 Å². The van der Waals surface area contributed by atoms with Gasteiger partial charge in [0.05, 0.1) is 0 Å². The molecule has 1 aliphatic heterocycles. The SMILES string of the molecule is CC1CCCc2c([nH]c3ccccc23)CN1C. The maximum Gasteiger partial charge on any atom is 0.0459 e. The van der Waals surface area contributed by atoms with Crippen molar-refractivity contribution in [2.45, 2.75) is 38.8 Å². The molecule has 90 valence electrons. The van der Waals surface area contributed by atoms with Gasteiger partial charge < -0.3 is 4.98 Å². The zero-order valence-corrected chi connectivity index (χ0v) is 10.7. The fourth-order valence-electron chi connectivity index (χ4n) is 2.88. The summed E-state index contributed by atoms with van der Waals surface area (Å²) in [6, 6.07) is 9.37. The average molecular weight is 228 g/mol. The van der Waals surface area contributed by atoms with Crippen LogP contribution in [-0.4, -0.2) is 23.0 Å². The quantitative estimate of drug-likeness (QED) is 0.733. The summed E-state index contributed by atoms with van der Waals surface area (Å²) in [6.07, 6.45) is 3.81. The molecule has 1 aliphatic rings. The van der Waals surface area contributed by atoms with Crippen LogP contribution in [-0.2, 0) is 13.0 Å². The van der Waals surface area contributed by atoms with Crippen molar-refractivity contribution in [3.05, 3.63) is 35.5 Å². The second-order valence-corrected chi connectivity index (χ2v) is 5.28. The Labute approximate surface area is 103 Å². The summed E-state index contributed by atoms with van der Waals surface area (Å²) in [6.45, 7) is 3.37. The summed E-state index contributed by atoms with van der Waals surface area (Å²) < 4.78 is 0. The van der Waals surface area contributed by atoms with Gasteiger partial charge in [0, 0.05) is 29.2 Å². The van der Waals surface area contributed by atoms with Crippen molar-refractivity contribution < 1.29 is 0 Å². The van der Waals surface area contributed by atoms with Crippen LogP contribution in [0.25, 0.3) is 10.9 Å². The summed E-state index contributed by atoms with van der Waals surface area (Å²) in [7, 11) is 2.23. The topological polar surface area (TPSA) is 19.0 Å². The smallest absolute Gasteiger partial charge is 0.0459 e. The number of aromatic amines is 1. The van der Waals surface area contributed by atoms with Crippen molar-refractivity contribution in [3.8, 4) is 0 Å². The lowest BCUT2D eigenvalue weighted by Gasteiger charge is -2.27. The van der Waals surface area contributed by atoms with Crippen molar-refractivity contribution in [2.24, 2.45) is 0 Å². The zero-order valence-electron chi connectivity index (χ0n) is 10.7. The molecule has 2 nitrogen and oxygen atoms in total. The molecule has 1 atom stereocenters. The van der Waals surface area contributed by atoms with E-state index in [1.807, 2.05) is 0 Å². The Balaban J connectivity index is 2.09. The second-order valence-electron chi connectivity index (χ2n) is 5.28. The molecule has 17 heavy (non-hydrogen) atoms. The van der Waals surface area contributed by atoms with Gasteiger partial charge in [-0.1, -0.05) is 18.2 Å². The minimum Gasteiger partial charge on any atom is -0.357 e. The summed E-state index contributed by atoms with van der Waals surface area (Å²) >= 11 is 0. The highest BCUT2D eigenvalue weighted by molar-refractivity contribution is 5.84. The monoisotopic (exact) mass is 228 g/mol. The lowest BCUT2D eigenvalue weighted by atomic mass is 9.99. The van der Waals surface area contributed by atoms with Crippen molar-refractivity contribution in [1.29, 1.82) is 0 Å². The van der Waals surface area contributed by atoms with Gasteiger partial charge in [-0.2, -0.15) is 0 Å². The number of fused-ring (bicyclic) bond motifs is 3. The molecule has 1 unspecified atom stereocenters. The molecule has 2 heteroatoms. The molecule has 0 radical (unpaired) electrons. The number of nitrogens with one attached hydrogen (secondary N) is 1. The lowest BCUT2D eigenvalue weighted by molar-refractivity contribution is 0.227. The number of para-hydroxylation sites is 1. The predicted octanol–water partition coefficient (Wildman–Crippen LogP) is 3.32. The maximum atomic E-state index is 3.59. The van der Waals surface area contributed by atoms with Crippen LogP contribution in [0.3, 0.4) is 0 Å². The number of aromatic nitrogens is 1. The average Bonchev–Trinajstić information content (AvgIpc) is 2.65. The van der Waals surface area contributed by atoms with Crippen molar-refractivity contribution in [3.63, 3.8) is 0 Å². The number of nitrogens with zero attached hydrogens (tertiary/aromatic N) is 1. The molecule has 1 N–H and O–H groups in total. The van der Waals surface area contributed by atoms with Crippen LogP contribution < -0.4 is 0 Å². The van der Waals surface area contributed by atoms with Gasteiger partial charge in [-0.3, -0.25) is 4.90 Å². The summed E-state index contributed by atoms with van der Waals surface area (Å²) in [5, 5.41) is 1.42. The maximum absolute atomic E-state index is 3.59. The first-order chi connectivity index (χ1) is 8.25. The molecule has 0 saturated heterocycles. The lowest BCUT2D eigenvalue weighted by Crippen LogP contribution is -2.30. The number of benzene rings is 1. The Bertz CT molecular complexity index is 527. The third-order valence-corrected chi connectivity index (χ3v) is 4.11. The van der Waals surface area contributed by atoms with E-state index in [4.69, 9.17) is 0 Å². The Morgan fingerprint density at radius 1 is 1.29 bits per heavy atom. The summed E-state index contributed by atoms with van der Waals surface area (Å²) in [5.41, 5.74) is 4.25. The molecular weight excluding hydrogens is 208 g/mol. The highest BCUT2D eigenvalue weighted by Gasteiger charge is 2.18. The van der Waals surface area contributed by atoms with Crippen molar-refractivity contribution in [1.82, 2.24) is 9.88 Å². The number of hydrogen-bond acceptors (Lipinski definition) is 1. The van der Waals surface area contributed by atoms with E-state index in [1.54, 1.807) is 5.56 Å². The minimum atomic E-state index is 0.689. The largest absolute Gasteiger partial charge is 0.357 e. The fraction of sp³-hybridized carbons (Fsp3) is 0.467. The first-order valence-corrected chi connectivity index (χ1v) is 6.54. The van der Waals surface area contributed by atoms with Gasteiger partial charge in [0.2, 0.25) is 0 Å². The van der Waals surface area contributed by atoms with Gasteiger partial charge in [0.1, 0.15) is 0 Å². The first-order valence-electron chi connectivity index (χ1n) is 6.54. The molecule has 3 rings (SSSR count). The molecule has 2 heterocycles. The van der Waals surface area contributed by atoms with E-state index >= 15 is 0 Å². The van der Waals surface area contributed by atoms with Crippen molar-refractivity contribution in [2.75, 3.05) is 7.05 Å². The third kappa shape index (κ3) is 1.87. The molecular formula is C15H20N2. The van der Waals surface area contributed by atoms with Gasteiger partial charge >= 0.3 is 0 Å². The van der Waals surface area contributed by atoms with Crippen LogP contribution in [0, 0.1) is 0 Å². The molecule has 1 aromatic heterocycles. The van der Waals surface area contributed by atoms with Gasteiger partial charge in [-0.05, 0) is 44.9 Å². The molecule has 0 bridgehead atoms. The van der Waals surface area contributed by atoms with Crippen LogP contribution in [0.15, 0.2) is 24.3 Å². The molecule has 0 aliphatic carbocycles. The van der Waals surface area contributed by atoms with Crippen LogP contribution in [0.1, 0.15) is 31.0 Å². The number of rotatable bonds is 0. The second kappa shape index (κ2) is 4.19. The predicted molar refractivity (Wildman–Crippen MR) is 72.2 cm³/mol. The van der Waals surface area contributed by atoms with Crippen LogP contribution in [0.2, 0.25) is 0 Å². The Morgan fingerprint density at radius 2 is 2.12 bits per heavy atom. The summed E-state index contributed by atoms with van der Waals surface area (Å²) in [4.78, 5) is 6.04. The molecule has 0 spiro atoms. The molecule has 0 fully saturated rings. The van der Waals surface area contributed by atoms with E-state index in [-0.39, 0.29) is 0 Å². The van der Waals surface area contributed by atoms with Crippen LogP contribution >= 0.6 is 0 Å². The molecule has 0 amide bonds. The first kappa shape index (κ1) is 10.8. The van der Waals surface area contributed by atoms with E-state index in [0.717, 1.165) is 6.54 Å². The third-order valence-electron chi connectivity index (χ3n) is 4.11. The van der Waals surface area contributed by atoms with E-state index in [2.05, 4.69) is 48.1 Å². The fourth-order valence-corrected chi connectivity index (χ4v) is 2.88. The Hall–Kier alpha value is -1.28. The normalized spacial score (nSPS) is 22.1. The van der Waals surface area contributed by atoms with Crippen molar-refractivity contribution >= 4 is 10.9 Å². The zero-order chi connectivity index (χ0) is 11.8. The van der Waals surface area contributed by atoms with E-state index in [9.17, 15) is 0 Å². The van der Waals surface area contributed by atoms with Gasteiger partial charge in [0.25, 0.3) is 0 Å². The number of H-pyrrole nitrogens is 1.